The number of aromatic nitrogens is 1. The van der Waals surface area contributed by atoms with Crippen LogP contribution in [0.3, 0.4) is 0 Å². The van der Waals surface area contributed by atoms with E-state index in [-0.39, 0.29) is 6.10 Å². The molecule has 0 atom stereocenters. The fourth-order valence-electron chi connectivity index (χ4n) is 1.17. The van der Waals surface area contributed by atoms with Gasteiger partial charge in [0, 0.05) is 0 Å². The van der Waals surface area contributed by atoms with Crippen LogP contribution in [0.2, 0.25) is 5.02 Å². The van der Waals surface area contributed by atoms with Crippen molar-refractivity contribution in [1.82, 2.24) is 4.98 Å². The van der Waals surface area contributed by atoms with Crippen LogP contribution < -0.4 is 11.3 Å². The van der Waals surface area contributed by atoms with Gasteiger partial charge in [0.1, 0.15) is 11.9 Å². The molecule has 0 spiro atoms. The van der Waals surface area contributed by atoms with E-state index in [0.29, 0.717) is 36.4 Å². The highest BCUT2D eigenvalue weighted by Crippen LogP contribution is 2.18. The second kappa shape index (κ2) is 4.76. The summed E-state index contributed by atoms with van der Waals surface area (Å²) in [6.45, 7) is 1.67. The van der Waals surface area contributed by atoms with E-state index < -0.39 is 0 Å². The van der Waals surface area contributed by atoms with Gasteiger partial charge in [-0.3, -0.25) is 0 Å². The largest absolute Gasteiger partial charge is 0.376 e. The van der Waals surface area contributed by atoms with Crippen molar-refractivity contribution in [3.8, 4) is 0 Å². The number of anilines is 1. The maximum absolute atomic E-state index is 5.96. The van der Waals surface area contributed by atoms with Crippen molar-refractivity contribution in [1.29, 1.82) is 0 Å². The molecule has 0 aliphatic carbocycles. The molecule has 1 aromatic rings. The van der Waals surface area contributed by atoms with Gasteiger partial charge >= 0.3 is 0 Å². The number of nitrogens with one attached hydrogen (secondary N) is 1. The second-order valence-corrected chi connectivity index (χ2v) is 3.65. The third kappa shape index (κ3) is 2.57. The number of hydrogen-bond acceptors (Lipinski definition) is 5. The summed E-state index contributed by atoms with van der Waals surface area (Å²) in [4.78, 5) is 4.19. The fourth-order valence-corrected chi connectivity index (χ4v) is 1.33. The zero-order chi connectivity index (χ0) is 10.7. The molecule has 1 fully saturated rings. The Balaban J connectivity index is 1.98. The average molecular weight is 230 g/mol. The van der Waals surface area contributed by atoms with Crippen LogP contribution in [0, 0.1) is 0 Å². The van der Waals surface area contributed by atoms with Gasteiger partial charge in [0.15, 0.2) is 0 Å². The maximum atomic E-state index is 5.96. The van der Waals surface area contributed by atoms with E-state index in [0.717, 1.165) is 0 Å². The lowest BCUT2D eigenvalue weighted by molar-refractivity contribution is -0.135. The van der Waals surface area contributed by atoms with Crippen LogP contribution >= 0.6 is 11.6 Å². The van der Waals surface area contributed by atoms with Crippen LogP contribution in [0.1, 0.15) is 5.69 Å². The third-order valence-corrected chi connectivity index (χ3v) is 2.47. The molecule has 15 heavy (non-hydrogen) atoms. The maximum Gasteiger partial charge on any atom is 0.140 e. The molecule has 0 radical (unpaired) electrons. The van der Waals surface area contributed by atoms with Crippen molar-refractivity contribution in [3.63, 3.8) is 0 Å². The van der Waals surface area contributed by atoms with Crippen molar-refractivity contribution in [3.05, 3.63) is 22.8 Å². The van der Waals surface area contributed by atoms with E-state index in [1.807, 2.05) is 0 Å². The van der Waals surface area contributed by atoms with Gasteiger partial charge in [-0.2, -0.15) is 0 Å². The lowest BCUT2D eigenvalue weighted by atomic mass is 10.3. The highest BCUT2D eigenvalue weighted by Gasteiger charge is 2.19. The van der Waals surface area contributed by atoms with Gasteiger partial charge in [0.25, 0.3) is 0 Å². The lowest BCUT2D eigenvalue weighted by Gasteiger charge is -2.25. The van der Waals surface area contributed by atoms with Crippen LogP contribution in [0.5, 0.6) is 0 Å². The normalized spacial score (nSPS) is 16.1. The average Bonchev–Trinajstić information content (AvgIpc) is 2.18. The van der Waals surface area contributed by atoms with Gasteiger partial charge in [-0.1, -0.05) is 11.6 Å². The zero-order valence-corrected chi connectivity index (χ0v) is 8.83. The van der Waals surface area contributed by atoms with Crippen LogP contribution in [0.25, 0.3) is 0 Å². The number of rotatable bonds is 4. The SMILES string of the molecule is NNc1ccc(Cl)c(COC2COC2)n1. The summed E-state index contributed by atoms with van der Waals surface area (Å²) in [6.07, 6.45) is 0.164. The Labute approximate surface area is 92.5 Å². The van der Waals surface area contributed by atoms with Crippen molar-refractivity contribution in [2.75, 3.05) is 18.6 Å². The Morgan fingerprint density at radius 1 is 1.60 bits per heavy atom. The van der Waals surface area contributed by atoms with Gasteiger partial charge in [-0.05, 0) is 12.1 Å². The molecule has 82 valence electrons. The number of nitrogens with two attached hydrogens (primary N) is 1. The molecule has 0 amide bonds. The smallest absolute Gasteiger partial charge is 0.140 e. The molecule has 0 bridgehead atoms. The Morgan fingerprint density at radius 2 is 2.40 bits per heavy atom. The number of hydrazine groups is 1. The Bertz CT molecular complexity index is 344. The molecule has 0 unspecified atom stereocenters. The van der Waals surface area contributed by atoms with Gasteiger partial charge in [-0.15, -0.1) is 0 Å². The van der Waals surface area contributed by atoms with E-state index in [2.05, 4.69) is 10.4 Å². The van der Waals surface area contributed by atoms with Gasteiger partial charge in [0.05, 0.1) is 30.5 Å². The van der Waals surface area contributed by atoms with E-state index in [1.165, 1.54) is 0 Å². The molecule has 6 heteroatoms. The third-order valence-electron chi connectivity index (χ3n) is 2.13. The Hall–Kier alpha value is -0.880. The molecule has 1 aromatic heterocycles. The predicted molar refractivity (Wildman–Crippen MR) is 56.5 cm³/mol. The number of nitrogens with zero attached hydrogens (tertiary/aromatic N) is 1. The molecule has 0 saturated carbocycles. The van der Waals surface area contributed by atoms with Crippen LogP contribution in [-0.4, -0.2) is 24.3 Å². The highest BCUT2D eigenvalue weighted by atomic mass is 35.5. The van der Waals surface area contributed by atoms with E-state index in [1.54, 1.807) is 12.1 Å². The van der Waals surface area contributed by atoms with Crippen LogP contribution in [0.15, 0.2) is 12.1 Å². The molecular weight excluding hydrogens is 218 g/mol. The Morgan fingerprint density at radius 3 is 3.00 bits per heavy atom. The molecule has 2 heterocycles. The van der Waals surface area contributed by atoms with Gasteiger partial charge < -0.3 is 14.9 Å². The van der Waals surface area contributed by atoms with E-state index >= 15 is 0 Å². The topological polar surface area (TPSA) is 69.4 Å². The van der Waals surface area contributed by atoms with Crippen molar-refractivity contribution in [2.24, 2.45) is 5.84 Å². The summed E-state index contributed by atoms with van der Waals surface area (Å²) in [5.41, 5.74) is 3.14. The molecule has 1 saturated heterocycles. The first-order chi connectivity index (χ1) is 7.29. The molecular formula is C9H12ClN3O2. The molecule has 1 aliphatic heterocycles. The first-order valence-corrected chi connectivity index (χ1v) is 4.99. The minimum atomic E-state index is 0.164. The number of pyridine rings is 1. The lowest BCUT2D eigenvalue weighted by Crippen LogP contribution is -2.35. The van der Waals surface area contributed by atoms with Crippen molar-refractivity contribution >= 4 is 17.4 Å². The fraction of sp³-hybridized carbons (Fsp3) is 0.444. The molecule has 3 N–H and O–H groups in total. The van der Waals surface area contributed by atoms with Gasteiger partial charge in [-0.25, -0.2) is 10.8 Å². The standard InChI is InChI=1S/C9H12ClN3O2/c10-7-1-2-9(13-11)12-8(7)5-15-6-3-14-4-6/h1-2,6H,3-5,11H2,(H,12,13). The van der Waals surface area contributed by atoms with Gasteiger partial charge in [0.2, 0.25) is 0 Å². The minimum absolute atomic E-state index is 0.164. The summed E-state index contributed by atoms with van der Waals surface area (Å²) in [5.74, 6) is 5.82. The number of nitrogen functional groups attached to an aromatic ring is 1. The highest BCUT2D eigenvalue weighted by molar-refractivity contribution is 6.31. The van der Waals surface area contributed by atoms with E-state index in [4.69, 9.17) is 26.9 Å². The van der Waals surface area contributed by atoms with Crippen molar-refractivity contribution < 1.29 is 9.47 Å². The summed E-state index contributed by atoms with van der Waals surface area (Å²) in [6, 6.07) is 3.44. The molecule has 0 aromatic carbocycles. The molecule has 5 nitrogen and oxygen atoms in total. The second-order valence-electron chi connectivity index (χ2n) is 3.24. The monoisotopic (exact) mass is 229 g/mol. The van der Waals surface area contributed by atoms with E-state index in [9.17, 15) is 0 Å². The zero-order valence-electron chi connectivity index (χ0n) is 8.07. The molecule has 1 aliphatic rings. The summed E-state index contributed by atoms with van der Waals surface area (Å²) in [7, 11) is 0. The summed E-state index contributed by atoms with van der Waals surface area (Å²) >= 11 is 5.96. The van der Waals surface area contributed by atoms with Crippen LogP contribution in [-0.2, 0) is 16.1 Å². The predicted octanol–water partition coefficient (Wildman–Crippen LogP) is 0.936. The van der Waals surface area contributed by atoms with Crippen molar-refractivity contribution in [2.45, 2.75) is 12.7 Å². The summed E-state index contributed by atoms with van der Waals surface area (Å²) < 4.78 is 10.5. The number of hydrogen-bond donors (Lipinski definition) is 2. The number of halogens is 1. The quantitative estimate of drug-likeness (QED) is 0.594. The Kier molecular flexibility index (Phi) is 3.37. The number of ether oxygens (including phenoxy) is 2. The minimum Gasteiger partial charge on any atom is -0.376 e. The van der Waals surface area contributed by atoms with Crippen LogP contribution in [0.4, 0.5) is 5.82 Å². The molecule has 2 rings (SSSR count). The first kappa shape index (κ1) is 10.6. The first-order valence-electron chi connectivity index (χ1n) is 4.61. The summed E-state index contributed by atoms with van der Waals surface area (Å²) in [5, 5.41) is 0.578.